The first-order chi connectivity index (χ1) is 13.7. The third kappa shape index (κ3) is 3.40. The lowest BCUT2D eigenvalue weighted by Gasteiger charge is -2.28. The molecule has 0 aromatic heterocycles. The van der Waals surface area contributed by atoms with Crippen molar-refractivity contribution in [1.29, 1.82) is 0 Å². The minimum atomic E-state index is -2.02. The summed E-state index contributed by atoms with van der Waals surface area (Å²) in [6.07, 6.45) is 4.78. The van der Waals surface area contributed by atoms with Gasteiger partial charge < -0.3 is 0 Å². The van der Waals surface area contributed by atoms with Crippen LogP contribution in [0.5, 0.6) is 0 Å². The molecule has 0 bridgehead atoms. The fraction of sp³-hybridized carbons (Fsp3) is 0. The second kappa shape index (κ2) is 7.89. The Morgan fingerprint density at radius 3 is 1.36 bits per heavy atom. The van der Waals surface area contributed by atoms with Crippen molar-refractivity contribution < 1.29 is 0 Å². The molecule has 0 atom stereocenters. The summed E-state index contributed by atoms with van der Waals surface area (Å²) in [5.74, 6) is 0. The molecule has 0 aliphatic heterocycles. The van der Waals surface area contributed by atoms with Crippen LogP contribution in [0.1, 0.15) is 5.56 Å². The minimum Gasteiger partial charge on any atom is -0.0901 e. The predicted molar refractivity (Wildman–Crippen MR) is 127 cm³/mol. The zero-order chi connectivity index (χ0) is 19.4. The van der Waals surface area contributed by atoms with E-state index >= 15 is 0 Å². The predicted octanol–water partition coefficient (Wildman–Crippen LogP) is 6.42. The van der Waals surface area contributed by atoms with Gasteiger partial charge in [0.2, 0.25) is 0 Å². The normalized spacial score (nSPS) is 11.1. The topological polar surface area (TPSA) is 0 Å². The van der Waals surface area contributed by atoms with E-state index in [1.165, 1.54) is 21.7 Å². The Morgan fingerprint density at radius 2 is 0.893 bits per heavy atom. The molecule has 0 aliphatic rings. The van der Waals surface area contributed by atoms with E-state index in [1.54, 1.807) is 0 Å². The first-order valence-corrected chi connectivity index (χ1v) is 11.4. The van der Waals surface area contributed by atoms with Gasteiger partial charge in [0.15, 0.2) is 0 Å². The molecule has 0 fully saturated rings. The Kier molecular flexibility index (Phi) is 5.15. The molecule has 4 rings (SSSR count). The Bertz CT molecular complexity index is 1070. The Hall–Kier alpha value is -3.08. The molecule has 4 aromatic carbocycles. The van der Waals surface area contributed by atoms with E-state index in [0.29, 0.717) is 0 Å². The van der Waals surface area contributed by atoms with Crippen LogP contribution in [0.25, 0.3) is 16.4 Å². The molecule has 0 spiro atoms. The van der Waals surface area contributed by atoms with Crippen LogP contribution in [0.3, 0.4) is 0 Å². The first kappa shape index (κ1) is 18.3. The summed E-state index contributed by atoms with van der Waals surface area (Å²) in [7, 11) is 0. The summed E-state index contributed by atoms with van der Waals surface area (Å²) in [6.45, 7) is 2.52. The van der Waals surface area contributed by atoms with Gasteiger partial charge in [-0.25, -0.2) is 0 Å². The van der Waals surface area contributed by atoms with E-state index in [9.17, 15) is 0 Å². The minimum absolute atomic E-state index is 1.10. The molecule has 136 valence electrons. The van der Waals surface area contributed by atoms with Gasteiger partial charge in [-0.2, -0.15) is 0 Å². The molecule has 0 amide bonds. The first-order valence-electron chi connectivity index (χ1n) is 9.39. The molecule has 4 aromatic rings. The Morgan fingerprint density at radius 1 is 0.500 bits per heavy atom. The van der Waals surface area contributed by atoms with Crippen LogP contribution in [0.4, 0.5) is 0 Å². The fourth-order valence-corrected chi connectivity index (χ4v) is 6.41. The van der Waals surface area contributed by atoms with E-state index in [2.05, 4.69) is 116 Å². The molecule has 0 aliphatic carbocycles. The lowest BCUT2D eigenvalue weighted by atomic mass is 10.0. The van der Waals surface area contributed by atoms with Crippen LogP contribution in [-0.2, 0) is 0 Å². The van der Waals surface area contributed by atoms with Crippen molar-refractivity contribution in [3.63, 3.8) is 0 Å². The van der Waals surface area contributed by atoms with E-state index in [0.717, 1.165) is 10.9 Å². The molecule has 28 heavy (non-hydrogen) atoms. The van der Waals surface area contributed by atoms with Gasteiger partial charge in [-0.05, 0) is 39.5 Å². The molecule has 0 saturated heterocycles. The van der Waals surface area contributed by atoms with Gasteiger partial charge >= 0.3 is 0 Å². The summed E-state index contributed by atoms with van der Waals surface area (Å²) in [5.41, 5.74) is 3.58. The molecular weight excluding hydrogens is 355 g/mol. The quantitative estimate of drug-likeness (QED) is 0.351. The fourth-order valence-electron chi connectivity index (χ4n) is 3.53. The van der Waals surface area contributed by atoms with Crippen LogP contribution in [0, 0.1) is 0 Å². The van der Waals surface area contributed by atoms with Crippen LogP contribution >= 0.6 is 6.89 Å². The highest BCUT2D eigenvalue weighted by molar-refractivity contribution is 7.95. The maximum absolute atomic E-state index is 4.78. The number of hydrogen-bond donors (Lipinski definition) is 0. The summed E-state index contributed by atoms with van der Waals surface area (Å²) >= 11 is 0. The van der Waals surface area contributed by atoms with Gasteiger partial charge in [0.25, 0.3) is 0 Å². The summed E-state index contributed by atoms with van der Waals surface area (Å²) in [5, 5.41) is 3.60. The average molecular weight is 378 g/mol. The molecule has 0 nitrogen and oxygen atoms in total. The zero-order valence-electron chi connectivity index (χ0n) is 15.8. The number of hydrogen-bond acceptors (Lipinski definition) is 0. The van der Waals surface area contributed by atoms with Gasteiger partial charge in [0.05, 0.1) is 0 Å². The standard InChI is InChI=1S/C27H23P/c1-22(23-18-20-25(21-19-23)24-12-6-3-7-13-24)28(2,26-14-8-4-9-15-26)27-16-10-5-11-17-27/h3-21H,1-2H2. The monoisotopic (exact) mass is 378 g/mol. The molecule has 0 radical (unpaired) electrons. The van der Waals surface area contributed by atoms with Gasteiger partial charge in [0.1, 0.15) is 0 Å². The SMILES string of the molecule is C=C(c1ccc(-c2ccccc2)cc1)P(=C)(c1ccccc1)c1ccccc1. The lowest BCUT2D eigenvalue weighted by Crippen LogP contribution is -2.17. The van der Waals surface area contributed by atoms with Crippen LogP contribution in [0.15, 0.2) is 122 Å². The summed E-state index contributed by atoms with van der Waals surface area (Å²) in [6, 6.07) is 40.3. The average Bonchev–Trinajstić information content (AvgIpc) is 2.80. The van der Waals surface area contributed by atoms with Crippen molar-refractivity contribution in [3.05, 3.63) is 127 Å². The second-order valence-electron chi connectivity index (χ2n) is 6.87. The maximum Gasteiger partial charge on any atom is -0.0165 e. The van der Waals surface area contributed by atoms with Crippen LogP contribution in [-0.4, -0.2) is 6.30 Å². The molecular formula is C27H23P. The van der Waals surface area contributed by atoms with Gasteiger partial charge in [-0.15, -0.1) is 0 Å². The molecule has 0 heterocycles. The highest BCUT2D eigenvalue weighted by Gasteiger charge is 2.24. The molecule has 0 N–H and O–H groups in total. The largest absolute Gasteiger partial charge is 0.0901 e. The van der Waals surface area contributed by atoms with Crippen LogP contribution in [0.2, 0.25) is 0 Å². The van der Waals surface area contributed by atoms with Gasteiger partial charge in [0, 0.05) is 0 Å². The second-order valence-corrected chi connectivity index (χ2v) is 10.1. The molecule has 0 unspecified atom stereocenters. The van der Waals surface area contributed by atoms with Crippen molar-refractivity contribution in [3.8, 4) is 11.1 Å². The Labute approximate surface area is 167 Å². The van der Waals surface area contributed by atoms with Gasteiger partial charge in [-0.1, -0.05) is 128 Å². The zero-order valence-corrected chi connectivity index (χ0v) is 16.7. The van der Waals surface area contributed by atoms with E-state index < -0.39 is 6.89 Å². The van der Waals surface area contributed by atoms with Crippen molar-refractivity contribution >= 4 is 29.1 Å². The molecule has 1 heteroatoms. The van der Waals surface area contributed by atoms with Gasteiger partial charge in [-0.3, -0.25) is 0 Å². The number of benzene rings is 4. The van der Waals surface area contributed by atoms with Crippen molar-refractivity contribution in [2.75, 3.05) is 0 Å². The van der Waals surface area contributed by atoms with Crippen LogP contribution < -0.4 is 10.6 Å². The third-order valence-corrected chi connectivity index (χ3v) is 8.72. The van der Waals surface area contributed by atoms with Crippen molar-refractivity contribution in [1.82, 2.24) is 0 Å². The highest BCUT2D eigenvalue weighted by Crippen LogP contribution is 2.55. The highest BCUT2D eigenvalue weighted by atomic mass is 31.2. The number of rotatable bonds is 5. The van der Waals surface area contributed by atoms with E-state index in [1.807, 2.05) is 6.07 Å². The maximum atomic E-state index is 4.78. The Balaban J connectivity index is 1.78. The summed E-state index contributed by atoms with van der Waals surface area (Å²) in [4.78, 5) is 0. The summed E-state index contributed by atoms with van der Waals surface area (Å²) < 4.78 is 0. The third-order valence-electron chi connectivity index (χ3n) is 5.18. The molecule has 0 saturated carbocycles. The van der Waals surface area contributed by atoms with E-state index in [-0.39, 0.29) is 0 Å². The van der Waals surface area contributed by atoms with E-state index in [4.69, 9.17) is 6.30 Å². The van der Waals surface area contributed by atoms with Crippen molar-refractivity contribution in [2.24, 2.45) is 0 Å². The van der Waals surface area contributed by atoms with Crippen molar-refractivity contribution in [2.45, 2.75) is 0 Å². The lowest BCUT2D eigenvalue weighted by molar-refractivity contribution is 1.60. The smallest absolute Gasteiger partial charge is 0.0165 e.